The molecule has 2 N–H and O–H groups in total. The first kappa shape index (κ1) is 50.0. The lowest BCUT2D eigenvalue weighted by atomic mass is 9.79. The molecule has 0 saturated heterocycles. The molecule has 14 heteroatoms. The minimum absolute atomic E-state index is 0.0185. The Bertz CT molecular complexity index is 2130. The highest BCUT2D eigenvalue weighted by molar-refractivity contribution is 7.23. The summed E-state index contributed by atoms with van der Waals surface area (Å²) in [6.45, 7) is 19.4. The van der Waals surface area contributed by atoms with Gasteiger partial charge in [-0.3, -0.25) is 4.79 Å². The number of hydrogen-bond donors (Lipinski definition) is 1. The molecule has 0 fully saturated rings. The predicted octanol–water partition coefficient (Wildman–Crippen LogP) is 13.1. The standard InChI is InChI=1S/C42H56F5N5O2S.C4H6O/c1-10-12-13-14-19-41(7,21-26(11-2)53-9)23-54-40-50-36-28(39(51-40)52(8)32(25(5)6)18-15-24(3)4)20-30(42(45,46)47)34(35(36)44)27-16-17-31(43)37-33(27)29(22-48)38(49)55-37;1-3-4(2)5/h16-17,20,24-26,32H,10-15,18-19,21,23,49H2,1-9H3;3H,1H2,2H3. The fraction of sp³-hybridized carbons (Fsp3) is 0.565. The van der Waals surface area contributed by atoms with E-state index in [0.717, 1.165) is 80.9 Å². The number of allylic oxidation sites excluding steroid dienone is 1. The lowest BCUT2D eigenvalue weighted by molar-refractivity contribution is -0.137. The molecule has 0 bridgehead atoms. The summed E-state index contributed by atoms with van der Waals surface area (Å²) >= 11 is 0.722. The molecule has 4 rings (SSSR count). The number of nitrogens with zero attached hydrogens (tertiary/aromatic N) is 4. The predicted molar refractivity (Wildman–Crippen MR) is 234 cm³/mol. The van der Waals surface area contributed by atoms with E-state index in [1.807, 2.05) is 24.8 Å². The number of thiophene rings is 1. The zero-order valence-corrected chi connectivity index (χ0v) is 37.6. The molecule has 4 aromatic rings. The summed E-state index contributed by atoms with van der Waals surface area (Å²) in [6.07, 6.45) is 4.29. The number of nitrogen functional groups attached to an aromatic ring is 1. The van der Waals surface area contributed by atoms with Crippen LogP contribution in [-0.4, -0.2) is 48.7 Å². The molecule has 0 amide bonds. The molecule has 0 spiro atoms. The number of nitrogens with two attached hydrogens (primary N) is 1. The number of halogens is 5. The van der Waals surface area contributed by atoms with Crippen LogP contribution in [0.2, 0.25) is 0 Å². The molecule has 0 radical (unpaired) electrons. The number of methoxy groups -OCH3 is 1. The lowest BCUT2D eigenvalue weighted by Crippen LogP contribution is -2.37. The number of rotatable bonds is 20. The molecule has 2 aromatic heterocycles. The fourth-order valence-electron chi connectivity index (χ4n) is 7.55. The van der Waals surface area contributed by atoms with Gasteiger partial charge in [-0.2, -0.15) is 28.4 Å². The number of ketones is 1. The molecule has 0 aliphatic carbocycles. The minimum atomic E-state index is -5.06. The highest BCUT2D eigenvalue weighted by Crippen LogP contribution is 2.48. The number of anilines is 2. The first-order valence-corrected chi connectivity index (χ1v) is 21.5. The van der Waals surface area contributed by atoms with E-state index in [1.165, 1.54) is 13.0 Å². The fourth-order valence-corrected chi connectivity index (χ4v) is 8.50. The van der Waals surface area contributed by atoms with E-state index >= 15 is 22.0 Å². The van der Waals surface area contributed by atoms with Crippen molar-refractivity contribution in [2.24, 2.45) is 17.3 Å². The number of carbonyl (C=O) groups is 1. The second-order valence-corrected chi connectivity index (χ2v) is 17.7. The van der Waals surface area contributed by atoms with Gasteiger partial charge in [0.2, 0.25) is 0 Å². The Kier molecular flexibility index (Phi) is 18.3. The molecule has 330 valence electrons. The highest BCUT2D eigenvalue weighted by Gasteiger charge is 2.39. The molecule has 3 unspecified atom stereocenters. The van der Waals surface area contributed by atoms with E-state index in [4.69, 9.17) is 20.2 Å². The van der Waals surface area contributed by atoms with Gasteiger partial charge in [0, 0.05) is 42.0 Å². The van der Waals surface area contributed by atoms with Crippen molar-refractivity contribution in [1.29, 1.82) is 5.26 Å². The summed E-state index contributed by atoms with van der Waals surface area (Å²) in [7, 11) is 3.44. The van der Waals surface area contributed by atoms with Crippen molar-refractivity contribution in [3.05, 3.63) is 53.6 Å². The number of benzene rings is 2. The molecule has 2 aromatic carbocycles. The molecule has 3 atom stereocenters. The second kappa shape index (κ2) is 22.0. The maximum atomic E-state index is 17.3. The summed E-state index contributed by atoms with van der Waals surface area (Å²) in [6, 6.07) is 4.42. The topological polar surface area (TPSA) is 114 Å². The molecular weight excluding hydrogens is 798 g/mol. The van der Waals surface area contributed by atoms with Gasteiger partial charge in [0.15, 0.2) is 11.6 Å². The zero-order chi connectivity index (χ0) is 45.1. The van der Waals surface area contributed by atoms with Crippen molar-refractivity contribution in [3.8, 4) is 23.2 Å². The summed E-state index contributed by atoms with van der Waals surface area (Å²) in [5, 5.41) is 9.51. The van der Waals surface area contributed by atoms with Crippen LogP contribution >= 0.6 is 11.3 Å². The zero-order valence-electron chi connectivity index (χ0n) is 36.8. The summed E-state index contributed by atoms with van der Waals surface area (Å²) < 4.78 is 89.9. The first-order valence-electron chi connectivity index (χ1n) is 20.7. The highest BCUT2D eigenvalue weighted by atomic mass is 32.1. The first-order chi connectivity index (χ1) is 28.2. The number of carbonyl (C=O) groups excluding carboxylic acids is 1. The number of fused-ring (bicyclic) bond motifs is 2. The van der Waals surface area contributed by atoms with Gasteiger partial charge in [0.1, 0.15) is 28.2 Å². The summed E-state index contributed by atoms with van der Waals surface area (Å²) in [5.41, 5.74) is 2.57. The van der Waals surface area contributed by atoms with Gasteiger partial charge in [-0.25, -0.2) is 8.78 Å². The van der Waals surface area contributed by atoms with Crippen LogP contribution in [0.3, 0.4) is 0 Å². The number of ether oxygens (including phenoxy) is 2. The third-order valence-corrected chi connectivity index (χ3v) is 12.0. The Labute approximate surface area is 356 Å². The van der Waals surface area contributed by atoms with Crippen molar-refractivity contribution in [1.82, 2.24) is 9.97 Å². The van der Waals surface area contributed by atoms with E-state index < -0.39 is 28.9 Å². The van der Waals surface area contributed by atoms with E-state index in [0.29, 0.717) is 12.3 Å². The van der Waals surface area contributed by atoms with Crippen LogP contribution in [0, 0.1) is 40.2 Å². The summed E-state index contributed by atoms with van der Waals surface area (Å²) in [4.78, 5) is 20.7. The molecule has 0 aliphatic rings. The molecule has 2 heterocycles. The van der Waals surface area contributed by atoms with Crippen molar-refractivity contribution in [2.45, 2.75) is 131 Å². The quantitative estimate of drug-likeness (QED) is 0.0531. The Morgan fingerprint density at radius 1 is 1.10 bits per heavy atom. The van der Waals surface area contributed by atoms with E-state index in [2.05, 4.69) is 46.2 Å². The SMILES string of the molecule is C=CC(C)=O.CCCCCCC(C)(COc1nc(N(C)C(CCC(C)C)C(C)C)c2cc(C(F)(F)F)c(-c3ccc(F)c4sc(N)c(C#N)c34)c(F)c2n1)CC(CC)OC. The Morgan fingerprint density at radius 3 is 2.30 bits per heavy atom. The molecule has 0 saturated carbocycles. The van der Waals surface area contributed by atoms with Crippen LogP contribution in [0.25, 0.3) is 32.1 Å². The monoisotopic (exact) mass is 859 g/mol. The van der Waals surface area contributed by atoms with Crippen molar-refractivity contribution in [3.63, 3.8) is 0 Å². The van der Waals surface area contributed by atoms with Gasteiger partial charge >= 0.3 is 12.2 Å². The molecule has 8 nitrogen and oxygen atoms in total. The van der Waals surface area contributed by atoms with Gasteiger partial charge in [0.25, 0.3) is 0 Å². The van der Waals surface area contributed by atoms with Crippen LogP contribution < -0.4 is 15.4 Å². The maximum absolute atomic E-state index is 17.3. The largest absolute Gasteiger partial charge is 0.463 e. The van der Waals surface area contributed by atoms with Crippen molar-refractivity contribution in [2.75, 3.05) is 31.4 Å². The van der Waals surface area contributed by atoms with Gasteiger partial charge in [0.05, 0.1) is 28.5 Å². The third-order valence-electron chi connectivity index (χ3n) is 11.0. The van der Waals surface area contributed by atoms with Gasteiger partial charge in [-0.05, 0) is 74.6 Å². The second-order valence-electron chi connectivity index (χ2n) is 16.7. The average molecular weight is 860 g/mol. The van der Waals surface area contributed by atoms with Crippen LogP contribution in [0.15, 0.2) is 30.9 Å². The minimum Gasteiger partial charge on any atom is -0.463 e. The Morgan fingerprint density at radius 2 is 1.77 bits per heavy atom. The van der Waals surface area contributed by atoms with Crippen LogP contribution in [-0.2, 0) is 15.7 Å². The number of alkyl halides is 3. The Hall–Kier alpha value is -4.35. The average Bonchev–Trinajstić information content (AvgIpc) is 3.54. The van der Waals surface area contributed by atoms with Crippen molar-refractivity contribution < 1.29 is 36.2 Å². The number of hydrogen-bond acceptors (Lipinski definition) is 9. The summed E-state index contributed by atoms with van der Waals surface area (Å²) in [5.74, 6) is -1.51. The molecular formula is C46H62F5N5O3S. The van der Waals surface area contributed by atoms with E-state index in [-0.39, 0.29) is 84.8 Å². The smallest absolute Gasteiger partial charge is 0.417 e. The van der Waals surface area contributed by atoms with Gasteiger partial charge in [-0.1, -0.05) is 86.8 Å². The van der Waals surface area contributed by atoms with Gasteiger partial charge < -0.3 is 20.1 Å². The lowest BCUT2D eigenvalue weighted by Gasteiger charge is -2.34. The van der Waals surface area contributed by atoms with E-state index in [9.17, 15) is 10.1 Å². The van der Waals surface area contributed by atoms with Crippen LogP contribution in [0.1, 0.15) is 124 Å². The Balaban J connectivity index is 0.00000181. The molecule has 60 heavy (non-hydrogen) atoms. The normalized spacial score (nSPS) is 13.8. The number of unbranched alkanes of at least 4 members (excludes halogenated alkanes) is 3. The number of aromatic nitrogens is 2. The number of nitriles is 1. The molecule has 0 aliphatic heterocycles. The van der Waals surface area contributed by atoms with E-state index in [1.54, 1.807) is 14.2 Å². The van der Waals surface area contributed by atoms with Gasteiger partial charge in [-0.15, -0.1) is 11.3 Å². The third kappa shape index (κ3) is 12.4. The maximum Gasteiger partial charge on any atom is 0.417 e. The van der Waals surface area contributed by atoms with Crippen LogP contribution in [0.4, 0.5) is 32.8 Å². The van der Waals surface area contributed by atoms with Crippen LogP contribution in [0.5, 0.6) is 6.01 Å². The van der Waals surface area contributed by atoms with Crippen molar-refractivity contribution >= 4 is 48.9 Å².